The molecule has 1 spiro atoms. The number of likely N-dealkylation sites (tertiary alicyclic amines) is 1. The van der Waals surface area contributed by atoms with E-state index in [-0.39, 0.29) is 0 Å². The van der Waals surface area contributed by atoms with Crippen molar-refractivity contribution in [3.8, 4) is 0 Å². The predicted octanol–water partition coefficient (Wildman–Crippen LogP) is 2.15. The van der Waals surface area contributed by atoms with Gasteiger partial charge in [-0.05, 0) is 45.4 Å². The van der Waals surface area contributed by atoms with Crippen LogP contribution < -0.4 is 5.32 Å². The van der Waals surface area contributed by atoms with Gasteiger partial charge in [0, 0.05) is 31.7 Å². The summed E-state index contributed by atoms with van der Waals surface area (Å²) in [5, 5.41) is 14.0. The van der Waals surface area contributed by atoms with Gasteiger partial charge in [-0.15, -0.1) is 0 Å². The fraction of sp³-hybridized carbons (Fsp3) is 0.944. The molecule has 1 unspecified atom stereocenters. The summed E-state index contributed by atoms with van der Waals surface area (Å²) in [7, 11) is 0. The van der Waals surface area contributed by atoms with E-state index in [0.717, 1.165) is 64.5 Å². The van der Waals surface area contributed by atoms with Gasteiger partial charge in [0.05, 0.1) is 18.8 Å². The van der Waals surface area contributed by atoms with Gasteiger partial charge in [-0.25, -0.2) is 0 Å². The first kappa shape index (κ1) is 17.0. The van der Waals surface area contributed by atoms with E-state index in [1.165, 1.54) is 25.7 Å². The van der Waals surface area contributed by atoms with Crippen LogP contribution in [0.25, 0.3) is 0 Å². The first-order chi connectivity index (χ1) is 11.1. The number of rotatable bonds is 3. The molecule has 1 atom stereocenters. The number of guanidine groups is 1. The van der Waals surface area contributed by atoms with Crippen LogP contribution in [0.2, 0.25) is 0 Å². The van der Waals surface area contributed by atoms with E-state index in [4.69, 9.17) is 9.73 Å². The van der Waals surface area contributed by atoms with E-state index in [1.807, 2.05) is 0 Å². The highest BCUT2D eigenvalue weighted by Gasteiger charge is 2.38. The average molecular weight is 323 g/mol. The lowest BCUT2D eigenvalue weighted by Gasteiger charge is -2.45. The molecule has 2 saturated heterocycles. The molecular weight excluding hydrogens is 290 g/mol. The number of nitrogens with one attached hydrogen (secondary N) is 1. The second-order valence-electron chi connectivity index (χ2n) is 7.78. The normalized spacial score (nSPS) is 31.6. The smallest absolute Gasteiger partial charge is 0.194 e. The van der Waals surface area contributed by atoms with Gasteiger partial charge < -0.3 is 20.1 Å². The van der Waals surface area contributed by atoms with E-state index in [1.54, 1.807) is 0 Å². The number of ether oxygens (including phenoxy) is 1. The van der Waals surface area contributed by atoms with E-state index in [2.05, 4.69) is 17.1 Å². The van der Waals surface area contributed by atoms with E-state index in [0.29, 0.717) is 12.0 Å². The lowest BCUT2D eigenvalue weighted by molar-refractivity contribution is -0.0371. The van der Waals surface area contributed by atoms with Crippen molar-refractivity contribution >= 4 is 5.96 Å². The Hall–Kier alpha value is -0.810. The second-order valence-corrected chi connectivity index (χ2v) is 7.78. The molecule has 0 radical (unpaired) electrons. The van der Waals surface area contributed by atoms with Crippen molar-refractivity contribution in [3.63, 3.8) is 0 Å². The summed E-state index contributed by atoms with van der Waals surface area (Å²) in [6, 6.07) is 0. The zero-order valence-electron chi connectivity index (χ0n) is 14.6. The molecule has 0 aromatic rings. The van der Waals surface area contributed by atoms with Gasteiger partial charge in [-0.2, -0.15) is 0 Å². The summed E-state index contributed by atoms with van der Waals surface area (Å²) in [6.45, 7) is 7.44. The van der Waals surface area contributed by atoms with Gasteiger partial charge in [0.2, 0.25) is 0 Å². The van der Waals surface area contributed by atoms with Crippen LogP contribution in [0.3, 0.4) is 0 Å². The summed E-state index contributed by atoms with van der Waals surface area (Å²) in [5.41, 5.74) is -0.251. The molecule has 3 fully saturated rings. The van der Waals surface area contributed by atoms with Crippen molar-refractivity contribution in [2.45, 2.75) is 63.9 Å². The topological polar surface area (TPSA) is 57.1 Å². The van der Waals surface area contributed by atoms with Crippen LogP contribution in [0.5, 0.6) is 0 Å². The molecule has 0 aromatic heterocycles. The molecule has 2 aliphatic heterocycles. The fourth-order valence-electron chi connectivity index (χ4n) is 4.46. The van der Waals surface area contributed by atoms with Gasteiger partial charge in [0.1, 0.15) is 0 Å². The molecule has 2 N–H and O–H groups in total. The Bertz CT molecular complexity index is 407. The lowest BCUT2D eigenvalue weighted by Crippen LogP contribution is -2.53. The number of aliphatic imine (C=N–C) groups is 1. The molecule has 23 heavy (non-hydrogen) atoms. The summed E-state index contributed by atoms with van der Waals surface area (Å²) in [5.74, 6) is 0.984. The Morgan fingerprint density at radius 3 is 2.65 bits per heavy atom. The molecule has 5 heteroatoms. The number of nitrogens with zero attached hydrogens (tertiary/aromatic N) is 2. The van der Waals surface area contributed by atoms with Crippen molar-refractivity contribution in [1.29, 1.82) is 0 Å². The SMILES string of the molecule is CCNC(=NCC1(O)CCCC1)N1CCCC2(CCCOC2)C1. The Morgan fingerprint density at radius 1 is 1.17 bits per heavy atom. The third-order valence-corrected chi connectivity index (χ3v) is 5.76. The Morgan fingerprint density at radius 2 is 1.96 bits per heavy atom. The van der Waals surface area contributed by atoms with E-state index < -0.39 is 5.60 Å². The quantitative estimate of drug-likeness (QED) is 0.617. The second kappa shape index (κ2) is 7.39. The van der Waals surface area contributed by atoms with Crippen LogP contribution in [0.4, 0.5) is 0 Å². The largest absolute Gasteiger partial charge is 0.388 e. The molecule has 3 aliphatic rings. The minimum atomic E-state index is -0.567. The molecule has 5 nitrogen and oxygen atoms in total. The highest BCUT2D eigenvalue weighted by Crippen LogP contribution is 2.37. The zero-order valence-corrected chi connectivity index (χ0v) is 14.6. The first-order valence-electron chi connectivity index (χ1n) is 9.48. The van der Waals surface area contributed by atoms with E-state index >= 15 is 0 Å². The lowest BCUT2D eigenvalue weighted by atomic mass is 9.76. The van der Waals surface area contributed by atoms with Gasteiger partial charge in [0.25, 0.3) is 0 Å². The third kappa shape index (κ3) is 4.18. The van der Waals surface area contributed by atoms with Crippen LogP contribution in [-0.4, -0.2) is 61.0 Å². The molecule has 0 aromatic carbocycles. The highest BCUT2D eigenvalue weighted by molar-refractivity contribution is 5.80. The van der Waals surface area contributed by atoms with Crippen molar-refractivity contribution in [3.05, 3.63) is 0 Å². The van der Waals surface area contributed by atoms with Gasteiger partial charge >= 0.3 is 0 Å². The Balaban J connectivity index is 1.66. The molecule has 3 rings (SSSR count). The maximum atomic E-state index is 10.6. The standard InChI is InChI=1S/C18H33N3O2/c1-2-19-16(20-13-18(22)9-3-4-10-18)21-11-5-7-17(14-21)8-6-12-23-15-17/h22H,2-15H2,1H3,(H,19,20). The molecule has 0 bridgehead atoms. The number of hydrogen-bond acceptors (Lipinski definition) is 3. The maximum Gasteiger partial charge on any atom is 0.194 e. The first-order valence-corrected chi connectivity index (χ1v) is 9.48. The van der Waals surface area contributed by atoms with E-state index in [9.17, 15) is 5.11 Å². The summed E-state index contributed by atoms with van der Waals surface area (Å²) >= 11 is 0. The number of aliphatic hydroxyl groups is 1. The van der Waals surface area contributed by atoms with Crippen molar-refractivity contribution < 1.29 is 9.84 Å². The molecule has 1 saturated carbocycles. The van der Waals surface area contributed by atoms with Crippen LogP contribution in [-0.2, 0) is 4.74 Å². The van der Waals surface area contributed by atoms with Gasteiger partial charge in [-0.1, -0.05) is 12.8 Å². The predicted molar refractivity (Wildman–Crippen MR) is 92.7 cm³/mol. The molecule has 1 aliphatic carbocycles. The molecule has 0 amide bonds. The maximum absolute atomic E-state index is 10.6. The molecule has 2 heterocycles. The summed E-state index contributed by atoms with van der Waals surface area (Å²) in [4.78, 5) is 7.21. The Kier molecular flexibility index (Phi) is 5.47. The summed E-state index contributed by atoms with van der Waals surface area (Å²) < 4.78 is 5.78. The zero-order chi connectivity index (χ0) is 16.2. The van der Waals surface area contributed by atoms with Crippen LogP contribution >= 0.6 is 0 Å². The average Bonchev–Trinajstić information content (AvgIpc) is 2.99. The Labute approximate surface area is 140 Å². The van der Waals surface area contributed by atoms with Crippen molar-refractivity contribution in [1.82, 2.24) is 10.2 Å². The minimum absolute atomic E-state index is 0.316. The van der Waals surface area contributed by atoms with Gasteiger partial charge in [0.15, 0.2) is 5.96 Å². The fourth-order valence-corrected chi connectivity index (χ4v) is 4.46. The van der Waals surface area contributed by atoms with Crippen LogP contribution in [0, 0.1) is 5.41 Å². The van der Waals surface area contributed by atoms with Crippen molar-refractivity contribution in [2.75, 3.05) is 39.4 Å². The van der Waals surface area contributed by atoms with Crippen LogP contribution in [0.15, 0.2) is 4.99 Å². The summed E-state index contributed by atoms with van der Waals surface area (Å²) in [6.07, 6.45) is 8.99. The molecule has 132 valence electrons. The minimum Gasteiger partial charge on any atom is -0.388 e. The van der Waals surface area contributed by atoms with Gasteiger partial charge in [-0.3, -0.25) is 4.99 Å². The number of hydrogen-bond donors (Lipinski definition) is 2. The highest BCUT2D eigenvalue weighted by atomic mass is 16.5. The molecular formula is C18H33N3O2. The monoisotopic (exact) mass is 323 g/mol. The number of piperidine rings is 1. The van der Waals surface area contributed by atoms with Crippen molar-refractivity contribution in [2.24, 2.45) is 10.4 Å². The third-order valence-electron chi connectivity index (χ3n) is 5.76. The van der Waals surface area contributed by atoms with Crippen LogP contribution in [0.1, 0.15) is 58.3 Å².